The molecule has 4 rings (SSSR count). The number of benzene rings is 1. The van der Waals surface area contributed by atoms with Gasteiger partial charge in [-0.2, -0.15) is 0 Å². The van der Waals surface area contributed by atoms with Gasteiger partial charge in [0.2, 0.25) is 5.88 Å². The molecule has 2 aliphatic rings. The Labute approximate surface area is 199 Å². The highest BCUT2D eigenvalue weighted by Crippen LogP contribution is 2.46. The van der Waals surface area contributed by atoms with Gasteiger partial charge in [0.15, 0.2) is 0 Å². The zero-order valence-electron chi connectivity index (χ0n) is 20.1. The molecule has 1 saturated heterocycles. The number of nitrogens with one attached hydrogen (secondary N) is 2. The lowest BCUT2D eigenvalue weighted by Gasteiger charge is -2.40. The van der Waals surface area contributed by atoms with Crippen LogP contribution in [0.1, 0.15) is 57.2 Å². The third-order valence-corrected chi connectivity index (χ3v) is 6.78. The monoisotopic (exact) mass is 470 g/mol. The van der Waals surface area contributed by atoms with Crippen molar-refractivity contribution >= 4 is 29.3 Å². The second-order valence-corrected chi connectivity index (χ2v) is 9.77. The van der Waals surface area contributed by atoms with E-state index in [1.165, 1.54) is 0 Å². The summed E-state index contributed by atoms with van der Waals surface area (Å²) in [7, 11) is 0. The first-order chi connectivity index (χ1) is 16.3. The highest BCUT2D eigenvalue weighted by molar-refractivity contribution is 6.01. The Kier molecular flexibility index (Phi) is 7.11. The van der Waals surface area contributed by atoms with E-state index < -0.39 is 17.4 Å². The Morgan fingerprint density at radius 3 is 2.50 bits per heavy atom. The van der Waals surface area contributed by atoms with Crippen LogP contribution in [-0.4, -0.2) is 48.1 Å². The number of hydrogen-bond donors (Lipinski definition) is 3. The lowest BCUT2D eigenvalue weighted by atomic mass is 9.64. The molecule has 1 saturated carbocycles. The van der Waals surface area contributed by atoms with Crippen molar-refractivity contribution in [3.05, 3.63) is 35.5 Å². The van der Waals surface area contributed by atoms with Gasteiger partial charge >= 0.3 is 12.0 Å². The van der Waals surface area contributed by atoms with E-state index in [1.54, 1.807) is 13.0 Å². The molecule has 2 heterocycles. The normalized spacial score (nSPS) is 17.8. The van der Waals surface area contributed by atoms with Crippen molar-refractivity contribution in [2.75, 3.05) is 35.3 Å². The molecule has 0 unspecified atom stereocenters. The van der Waals surface area contributed by atoms with Gasteiger partial charge in [-0.1, -0.05) is 31.5 Å². The lowest BCUT2D eigenvalue weighted by Crippen LogP contribution is -2.43. The maximum Gasteiger partial charge on any atom is 0.326 e. The van der Waals surface area contributed by atoms with Gasteiger partial charge in [-0.15, -0.1) is 0 Å². The number of carboxylic acids is 1. The molecule has 0 bridgehead atoms. The Bertz CT molecular complexity index is 1020. The maximum absolute atomic E-state index is 12.9. The first kappa shape index (κ1) is 24.1. The molecule has 0 atom stereocenters. The number of rotatable bonds is 8. The molecule has 2 amide bonds. The smallest absolute Gasteiger partial charge is 0.326 e. The number of aryl methyl sites for hydroxylation is 1. The summed E-state index contributed by atoms with van der Waals surface area (Å²) in [6.45, 7) is 8.32. The molecule has 3 N–H and O–H groups in total. The third-order valence-electron chi connectivity index (χ3n) is 6.78. The lowest BCUT2D eigenvalue weighted by molar-refractivity contribution is -0.147. The summed E-state index contributed by atoms with van der Waals surface area (Å²) in [6, 6.07) is 7.16. The largest absolute Gasteiger partial charge is 0.481 e. The molecule has 1 aliphatic heterocycles. The second-order valence-electron chi connectivity index (χ2n) is 9.77. The summed E-state index contributed by atoms with van der Waals surface area (Å²) in [6.07, 6.45) is 3.87. The van der Waals surface area contributed by atoms with Gasteiger partial charge < -0.3 is 24.6 Å². The minimum absolute atomic E-state index is 0.247. The van der Waals surface area contributed by atoms with Gasteiger partial charge in [0.25, 0.3) is 0 Å². The SMILES string of the molecule is Cc1cc(NC(=O)Nc2cc(C3(C(=O)O)CCC3)ccc2N(CC(C)C)C2CCOCC2)on1. The minimum Gasteiger partial charge on any atom is -0.481 e. The van der Waals surface area contributed by atoms with Gasteiger partial charge in [-0.3, -0.25) is 10.1 Å². The topological polar surface area (TPSA) is 117 Å². The molecule has 9 nitrogen and oxygen atoms in total. The highest BCUT2D eigenvalue weighted by atomic mass is 16.5. The molecule has 1 aliphatic carbocycles. The zero-order chi connectivity index (χ0) is 24.3. The second kappa shape index (κ2) is 10.0. The van der Waals surface area contributed by atoms with Gasteiger partial charge in [0.1, 0.15) is 0 Å². The number of anilines is 3. The van der Waals surface area contributed by atoms with E-state index in [-0.39, 0.29) is 11.9 Å². The van der Waals surface area contributed by atoms with E-state index in [2.05, 4.69) is 34.5 Å². The minimum atomic E-state index is -0.894. The fourth-order valence-corrected chi connectivity index (χ4v) is 4.86. The van der Waals surface area contributed by atoms with Crippen LogP contribution in [0.4, 0.5) is 22.1 Å². The number of carboxylic acid groups (broad SMARTS) is 1. The predicted octanol–water partition coefficient (Wildman–Crippen LogP) is 4.77. The predicted molar refractivity (Wildman–Crippen MR) is 130 cm³/mol. The molecular formula is C25H34N4O5. The Balaban J connectivity index is 1.69. The van der Waals surface area contributed by atoms with Crippen molar-refractivity contribution in [2.45, 2.75) is 64.3 Å². The average Bonchev–Trinajstić information content (AvgIpc) is 3.16. The summed E-state index contributed by atoms with van der Waals surface area (Å²) in [4.78, 5) is 27.4. The van der Waals surface area contributed by atoms with E-state index in [0.717, 1.165) is 37.1 Å². The molecule has 9 heteroatoms. The van der Waals surface area contributed by atoms with Crippen molar-refractivity contribution in [3.63, 3.8) is 0 Å². The Hall–Kier alpha value is -3.07. The van der Waals surface area contributed by atoms with Crippen LogP contribution in [0.5, 0.6) is 0 Å². The van der Waals surface area contributed by atoms with Gasteiger partial charge in [-0.25, -0.2) is 4.79 Å². The van der Waals surface area contributed by atoms with E-state index >= 15 is 0 Å². The summed E-state index contributed by atoms with van der Waals surface area (Å²) >= 11 is 0. The first-order valence-electron chi connectivity index (χ1n) is 12.0. The molecule has 2 fully saturated rings. The molecule has 2 aromatic rings. The quantitative estimate of drug-likeness (QED) is 0.508. The molecule has 0 radical (unpaired) electrons. The maximum atomic E-state index is 12.9. The van der Waals surface area contributed by atoms with E-state index in [1.807, 2.05) is 18.2 Å². The van der Waals surface area contributed by atoms with Gasteiger partial charge in [0, 0.05) is 31.9 Å². The van der Waals surface area contributed by atoms with Crippen LogP contribution in [0.3, 0.4) is 0 Å². The van der Waals surface area contributed by atoms with Gasteiger partial charge in [0.05, 0.1) is 22.5 Å². The molecule has 1 aromatic carbocycles. The molecule has 34 heavy (non-hydrogen) atoms. The summed E-state index contributed by atoms with van der Waals surface area (Å²) in [5.74, 6) is -0.168. The molecule has 0 spiro atoms. The number of hydrogen-bond acceptors (Lipinski definition) is 6. The van der Waals surface area contributed by atoms with Crippen molar-refractivity contribution in [1.82, 2.24) is 5.16 Å². The molecule has 1 aromatic heterocycles. The van der Waals surface area contributed by atoms with Crippen LogP contribution in [0.2, 0.25) is 0 Å². The summed E-state index contributed by atoms with van der Waals surface area (Å²) in [5.41, 5.74) is 1.96. The fraction of sp³-hybridized carbons (Fsp3) is 0.560. The van der Waals surface area contributed by atoms with Crippen molar-refractivity contribution in [1.29, 1.82) is 0 Å². The average molecular weight is 471 g/mol. The number of amides is 2. The number of aromatic nitrogens is 1. The number of carbonyl (C=O) groups excluding carboxylic acids is 1. The zero-order valence-corrected chi connectivity index (χ0v) is 20.1. The van der Waals surface area contributed by atoms with Gasteiger partial charge in [-0.05, 0) is 56.2 Å². The molecular weight excluding hydrogens is 436 g/mol. The van der Waals surface area contributed by atoms with E-state index in [9.17, 15) is 14.7 Å². The van der Waals surface area contributed by atoms with Crippen molar-refractivity contribution in [3.8, 4) is 0 Å². The fourth-order valence-electron chi connectivity index (χ4n) is 4.86. The number of carbonyl (C=O) groups is 2. The van der Waals surface area contributed by atoms with E-state index in [0.29, 0.717) is 43.4 Å². The number of urea groups is 1. The third kappa shape index (κ3) is 5.04. The van der Waals surface area contributed by atoms with Crippen molar-refractivity contribution < 1.29 is 24.0 Å². The van der Waals surface area contributed by atoms with Crippen LogP contribution in [-0.2, 0) is 14.9 Å². The Morgan fingerprint density at radius 2 is 1.94 bits per heavy atom. The van der Waals surface area contributed by atoms with Crippen LogP contribution in [0.15, 0.2) is 28.8 Å². The van der Waals surface area contributed by atoms with E-state index in [4.69, 9.17) is 9.26 Å². The number of nitrogens with zero attached hydrogens (tertiary/aromatic N) is 2. The first-order valence-corrected chi connectivity index (χ1v) is 12.0. The van der Waals surface area contributed by atoms with Crippen LogP contribution in [0, 0.1) is 12.8 Å². The molecule has 184 valence electrons. The van der Waals surface area contributed by atoms with Crippen LogP contribution >= 0.6 is 0 Å². The van der Waals surface area contributed by atoms with Crippen molar-refractivity contribution in [2.24, 2.45) is 5.92 Å². The number of aliphatic carboxylic acids is 1. The standard InChI is InChI=1S/C25H34N4O5/c1-16(2)15-29(19-7-11-33-12-8-19)21-6-5-18(25(23(30)31)9-4-10-25)14-20(21)26-24(32)27-22-13-17(3)28-34-22/h5-6,13-14,16,19H,4,7-12,15H2,1-3H3,(H,30,31)(H2,26,27,32). The van der Waals surface area contributed by atoms with Crippen LogP contribution < -0.4 is 15.5 Å². The van der Waals surface area contributed by atoms with Crippen LogP contribution in [0.25, 0.3) is 0 Å². The Morgan fingerprint density at radius 1 is 1.21 bits per heavy atom. The summed E-state index contributed by atoms with van der Waals surface area (Å²) in [5, 5.41) is 19.4. The summed E-state index contributed by atoms with van der Waals surface area (Å²) < 4.78 is 10.7. The highest BCUT2D eigenvalue weighted by Gasteiger charge is 2.46. The number of ether oxygens (including phenoxy) is 1.